The number of hydrogen-bond donors (Lipinski definition) is 1. The van der Waals surface area contributed by atoms with Gasteiger partial charge in [0.15, 0.2) is 5.25 Å². The van der Waals surface area contributed by atoms with Crippen LogP contribution in [-0.4, -0.2) is 36.6 Å². The molecule has 1 amide bonds. The van der Waals surface area contributed by atoms with Gasteiger partial charge in [0.25, 0.3) is 0 Å². The fraction of sp³-hybridized carbons (Fsp3) is 0.533. The molecule has 1 saturated carbocycles. The molecule has 0 radical (unpaired) electrons. The number of ether oxygens (including phenoxy) is 1. The summed E-state index contributed by atoms with van der Waals surface area (Å²) in [5.74, 6) is 0.315. The summed E-state index contributed by atoms with van der Waals surface area (Å²) in [4.78, 5) is 14.1. The van der Waals surface area contributed by atoms with E-state index in [-0.39, 0.29) is 5.60 Å². The van der Waals surface area contributed by atoms with Gasteiger partial charge < -0.3 is 9.64 Å². The minimum Gasteiger partial charge on any atom is -0.485 e. The van der Waals surface area contributed by atoms with Gasteiger partial charge in [-0.2, -0.15) is 0 Å². The number of carbonyl (C=O) groups is 1. The average Bonchev–Trinajstić information content (AvgIpc) is 2.61. The number of primary sulfonamides is 1. The molecule has 1 heterocycles. The number of nitrogens with two attached hydrogens (primary N) is 1. The Morgan fingerprint density at radius 2 is 2.05 bits per heavy atom. The molecule has 1 spiro atoms. The summed E-state index contributed by atoms with van der Waals surface area (Å²) in [6.07, 6.45) is 2.79. The molecule has 22 heavy (non-hydrogen) atoms. The van der Waals surface area contributed by atoms with Crippen molar-refractivity contribution < 1.29 is 17.9 Å². The summed E-state index contributed by atoms with van der Waals surface area (Å²) in [6, 6.07) is 7.57. The van der Waals surface area contributed by atoms with E-state index in [9.17, 15) is 13.2 Å². The highest BCUT2D eigenvalue weighted by atomic mass is 32.2. The van der Waals surface area contributed by atoms with Crippen molar-refractivity contribution in [3.63, 3.8) is 0 Å². The van der Waals surface area contributed by atoms with Crippen LogP contribution in [0.3, 0.4) is 0 Å². The highest BCUT2D eigenvalue weighted by Gasteiger charge is 2.45. The number of amides is 1. The van der Waals surface area contributed by atoms with Crippen LogP contribution in [0.2, 0.25) is 0 Å². The number of nitrogens with zero attached hydrogens (tertiary/aromatic N) is 1. The third kappa shape index (κ3) is 2.70. The van der Waals surface area contributed by atoms with Gasteiger partial charge in [-0.1, -0.05) is 18.2 Å². The van der Waals surface area contributed by atoms with Crippen molar-refractivity contribution in [2.75, 3.05) is 6.54 Å². The predicted octanol–water partition coefficient (Wildman–Crippen LogP) is 1.01. The van der Waals surface area contributed by atoms with Crippen LogP contribution in [0.4, 0.5) is 0 Å². The highest BCUT2D eigenvalue weighted by Crippen LogP contribution is 2.41. The standard InChI is InChI=1S/C15H20N2O4S/c1-11(22(16,19)20)14(18)17-9-12-5-2-3-6-13(12)21-15(10-17)7-4-8-15/h2-3,5-6,11H,4,7-10H2,1H3,(H2,16,19,20). The topological polar surface area (TPSA) is 89.7 Å². The molecule has 0 aromatic heterocycles. The number of sulfonamides is 1. The van der Waals surface area contributed by atoms with E-state index in [0.29, 0.717) is 13.1 Å². The van der Waals surface area contributed by atoms with Crippen molar-refractivity contribution in [3.05, 3.63) is 29.8 Å². The van der Waals surface area contributed by atoms with Crippen LogP contribution in [0.15, 0.2) is 24.3 Å². The van der Waals surface area contributed by atoms with Crippen LogP contribution in [0.5, 0.6) is 5.75 Å². The maximum atomic E-state index is 12.5. The fourth-order valence-corrected chi connectivity index (χ4v) is 3.42. The Bertz CT molecular complexity index is 697. The predicted molar refractivity (Wildman–Crippen MR) is 81.6 cm³/mol. The first-order valence-corrected chi connectivity index (χ1v) is 8.99. The lowest BCUT2D eigenvalue weighted by Gasteiger charge is -2.43. The molecule has 120 valence electrons. The minimum absolute atomic E-state index is 0.344. The van der Waals surface area contributed by atoms with Gasteiger partial charge in [0.2, 0.25) is 15.9 Å². The molecule has 1 aromatic carbocycles. The number of benzene rings is 1. The molecular weight excluding hydrogens is 304 g/mol. The zero-order valence-electron chi connectivity index (χ0n) is 12.5. The zero-order valence-corrected chi connectivity index (χ0v) is 13.3. The van der Waals surface area contributed by atoms with E-state index in [1.807, 2.05) is 24.3 Å². The van der Waals surface area contributed by atoms with Gasteiger partial charge in [0.05, 0.1) is 6.54 Å². The molecule has 1 aromatic rings. The lowest BCUT2D eigenvalue weighted by molar-refractivity contribution is -0.135. The quantitative estimate of drug-likeness (QED) is 0.879. The zero-order chi connectivity index (χ0) is 16.0. The second kappa shape index (κ2) is 5.24. The van der Waals surface area contributed by atoms with Crippen molar-refractivity contribution in [2.24, 2.45) is 5.14 Å². The lowest BCUT2D eigenvalue weighted by Crippen LogP contribution is -2.54. The van der Waals surface area contributed by atoms with Gasteiger partial charge in [-0.05, 0) is 32.3 Å². The molecule has 2 aliphatic rings. The molecule has 1 atom stereocenters. The summed E-state index contributed by atoms with van der Waals surface area (Å²) in [5, 5.41) is 3.89. The Hall–Kier alpha value is -1.60. The van der Waals surface area contributed by atoms with Crippen LogP contribution in [-0.2, 0) is 21.4 Å². The third-order valence-electron chi connectivity index (χ3n) is 4.56. The molecule has 0 saturated heterocycles. The number of hydrogen-bond acceptors (Lipinski definition) is 4. The smallest absolute Gasteiger partial charge is 0.242 e. The lowest BCUT2D eigenvalue weighted by atomic mass is 9.79. The molecule has 1 unspecified atom stereocenters. The number of carbonyl (C=O) groups excluding carboxylic acids is 1. The Labute approximate surface area is 130 Å². The molecule has 1 aliphatic carbocycles. The second-order valence-corrected chi connectivity index (χ2v) is 8.06. The van der Waals surface area contributed by atoms with E-state index < -0.39 is 21.2 Å². The van der Waals surface area contributed by atoms with Crippen molar-refractivity contribution in [2.45, 2.75) is 43.6 Å². The summed E-state index contributed by atoms with van der Waals surface area (Å²) >= 11 is 0. The van der Waals surface area contributed by atoms with Crippen LogP contribution in [0.1, 0.15) is 31.7 Å². The summed E-state index contributed by atoms with van der Waals surface area (Å²) in [5.41, 5.74) is 0.501. The second-order valence-electron chi connectivity index (χ2n) is 6.17. The molecule has 6 nitrogen and oxygen atoms in total. The van der Waals surface area contributed by atoms with Gasteiger partial charge >= 0.3 is 0 Å². The van der Waals surface area contributed by atoms with E-state index in [1.54, 1.807) is 4.90 Å². The van der Waals surface area contributed by atoms with E-state index >= 15 is 0 Å². The van der Waals surface area contributed by atoms with Crippen molar-refractivity contribution in [3.8, 4) is 5.75 Å². The molecule has 0 bridgehead atoms. The maximum absolute atomic E-state index is 12.5. The molecule has 2 N–H and O–H groups in total. The normalized spacial score (nSPS) is 21.3. The SMILES string of the molecule is CC(C(=O)N1Cc2ccccc2OC2(CCC2)C1)S(N)(=O)=O. The van der Waals surface area contributed by atoms with Crippen molar-refractivity contribution >= 4 is 15.9 Å². The Kier molecular flexibility index (Phi) is 3.65. The first kappa shape index (κ1) is 15.3. The van der Waals surface area contributed by atoms with Gasteiger partial charge in [0.1, 0.15) is 11.4 Å². The Morgan fingerprint density at radius 3 is 2.64 bits per heavy atom. The third-order valence-corrected chi connectivity index (χ3v) is 5.74. The monoisotopic (exact) mass is 324 g/mol. The van der Waals surface area contributed by atoms with E-state index in [4.69, 9.17) is 9.88 Å². The first-order chi connectivity index (χ1) is 10.3. The number of rotatable bonds is 2. The largest absolute Gasteiger partial charge is 0.485 e. The van der Waals surface area contributed by atoms with Gasteiger partial charge in [-0.25, -0.2) is 13.6 Å². The van der Waals surface area contributed by atoms with Crippen molar-refractivity contribution in [1.82, 2.24) is 4.90 Å². The van der Waals surface area contributed by atoms with Crippen LogP contribution < -0.4 is 9.88 Å². The summed E-state index contributed by atoms with van der Waals surface area (Å²) in [7, 11) is -3.90. The summed E-state index contributed by atoms with van der Waals surface area (Å²) < 4.78 is 29.1. The minimum atomic E-state index is -3.90. The molecular formula is C15H20N2O4S. The highest BCUT2D eigenvalue weighted by molar-refractivity contribution is 7.90. The Morgan fingerprint density at radius 1 is 1.36 bits per heavy atom. The maximum Gasteiger partial charge on any atom is 0.242 e. The number of fused-ring (bicyclic) bond motifs is 1. The van der Waals surface area contributed by atoms with E-state index in [2.05, 4.69) is 0 Å². The van der Waals surface area contributed by atoms with Gasteiger partial charge in [-0.3, -0.25) is 4.79 Å². The number of para-hydroxylation sites is 1. The van der Waals surface area contributed by atoms with Crippen LogP contribution >= 0.6 is 0 Å². The van der Waals surface area contributed by atoms with Gasteiger partial charge in [-0.15, -0.1) is 0 Å². The molecule has 1 aliphatic heterocycles. The average molecular weight is 324 g/mol. The molecule has 1 fully saturated rings. The molecule has 7 heteroatoms. The first-order valence-electron chi connectivity index (χ1n) is 7.38. The molecule has 3 rings (SSSR count). The summed E-state index contributed by atoms with van der Waals surface area (Å²) in [6.45, 7) is 2.08. The van der Waals surface area contributed by atoms with Crippen LogP contribution in [0.25, 0.3) is 0 Å². The van der Waals surface area contributed by atoms with Gasteiger partial charge in [0, 0.05) is 12.1 Å². The van der Waals surface area contributed by atoms with E-state index in [1.165, 1.54) is 6.92 Å². The van der Waals surface area contributed by atoms with E-state index in [0.717, 1.165) is 30.6 Å². The van der Waals surface area contributed by atoms with Crippen LogP contribution in [0, 0.1) is 0 Å². The Balaban J connectivity index is 1.93. The fourth-order valence-electron chi connectivity index (χ4n) is 2.99. The van der Waals surface area contributed by atoms with Crippen molar-refractivity contribution in [1.29, 1.82) is 0 Å².